The Bertz CT molecular complexity index is 1260. The first-order valence-corrected chi connectivity index (χ1v) is 9.87. The van der Waals surface area contributed by atoms with Crippen LogP contribution >= 0.6 is 0 Å². The van der Waals surface area contributed by atoms with E-state index >= 15 is 0 Å². The van der Waals surface area contributed by atoms with Gasteiger partial charge in [-0.15, -0.1) is 0 Å². The van der Waals surface area contributed by atoms with Crippen molar-refractivity contribution in [2.24, 2.45) is 4.99 Å². The van der Waals surface area contributed by atoms with Crippen molar-refractivity contribution in [1.82, 2.24) is 0 Å². The zero-order valence-electron chi connectivity index (χ0n) is 16.4. The van der Waals surface area contributed by atoms with Crippen LogP contribution in [0.1, 0.15) is 33.9 Å². The quantitative estimate of drug-likeness (QED) is 0.487. The third-order valence-electron chi connectivity index (χ3n) is 5.60. The van der Waals surface area contributed by atoms with Gasteiger partial charge in [0.15, 0.2) is 11.5 Å². The maximum atomic E-state index is 13.1. The fourth-order valence-electron chi connectivity index (χ4n) is 4.10. The zero-order chi connectivity index (χ0) is 21.5. The van der Waals surface area contributed by atoms with E-state index in [0.29, 0.717) is 28.9 Å². The number of aliphatic hydroxyl groups is 1. The monoisotopic (exact) mass is 413 g/mol. The molecule has 1 aliphatic carbocycles. The molecule has 0 aromatic heterocycles. The Kier molecular flexibility index (Phi) is 4.63. The van der Waals surface area contributed by atoms with Crippen LogP contribution in [-0.2, 0) is 0 Å². The Labute approximate surface area is 178 Å². The summed E-state index contributed by atoms with van der Waals surface area (Å²) in [5.74, 6) is -0.332. The number of rotatable bonds is 3. The number of hydrogen-bond acceptors (Lipinski definition) is 6. The van der Waals surface area contributed by atoms with Crippen molar-refractivity contribution in [2.75, 3.05) is 5.32 Å². The van der Waals surface area contributed by atoms with E-state index in [4.69, 9.17) is 4.99 Å². The Morgan fingerprint density at radius 3 is 2.52 bits per heavy atom. The van der Waals surface area contributed by atoms with Gasteiger partial charge in [0.05, 0.1) is 28.7 Å². The number of hydrogen-bond donors (Lipinski definition) is 4. The highest BCUT2D eigenvalue weighted by Crippen LogP contribution is 2.39. The number of benzene rings is 3. The van der Waals surface area contributed by atoms with Crippen LogP contribution in [0.3, 0.4) is 0 Å². The maximum Gasteiger partial charge on any atom is 0.199 e. The molecule has 3 aromatic rings. The highest BCUT2D eigenvalue weighted by Gasteiger charge is 2.34. The van der Waals surface area contributed by atoms with Crippen molar-refractivity contribution in [2.45, 2.75) is 12.5 Å². The molecular weight excluding hydrogens is 394 g/mol. The average molecular weight is 413 g/mol. The van der Waals surface area contributed by atoms with Gasteiger partial charge >= 0.3 is 0 Å². The number of anilines is 1. The molecule has 0 fully saturated rings. The summed E-state index contributed by atoms with van der Waals surface area (Å²) >= 11 is 0. The summed E-state index contributed by atoms with van der Waals surface area (Å²) in [6, 6.07) is 20.8. The van der Waals surface area contributed by atoms with E-state index in [1.165, 1.54) is 6.07 Å². The minimum absolute atomic E-state index is 0.0724. The number of ketones is 1. The summed E-state index contributed by atoms with van der Waals surface area (Å²) in [5.41, 5.74) is 3.97. The van der Waals surface area contributed by atoms with Crippen LogP contribution in [0.25, 0.3) is 5.76 Å². The van der Waals surface area contributed by atoms with Crippen LogP contribution in [0, 0.1) is 5.21 Å². The molecule has 0 saturated heterocycles. The summed E-state index contributed by atoms with van der Waals surface area (Å²) in [5, 5.41) is 34.1. The van der Waals surface area contributed by atoms with Gasteiger partial charge in [-0.3, -0.25) is 9.79 Å². The number of Topliss-reactive ketones (excluding diaryl/α,β-unsaturated/α-hetero) is 1. The normalized spacial score (nSPS) is 18.6. The third kappa shape index (κ3) is 3.30. The van der Waals surface area contributed by atoms with Gasteiger partial charge in [0.25, 0.3) is 0 Å². The SMILES string of the molecule is O=C1C(C2=Nc3ccccc3N[C@@H](c3cccc([NH+]([O-])O)c3)C2)=C(O)c2ccccc21. The number of nitrogens with zero attached hydrogens (tertiary/aromatic N) is 1. The number of carbonyl (C=O) groups excluding carboxylic acids is 1. The molecule has 1 aliphatic heterocycles. The van der Waals surface area contributed by atoms with Crippen LogP contribution in [-0.4, -0.2) is 21.8 Å². The molecule has 1 unspecified atom stereocenters. The number of aliphatic hydroxyl groups excluding tert-OH is 1. The maximum absolute atomic E-state index is 13.1. The molecule has 2 atom stereocenters. The number of aliphatic imine (C=N–C) groups is 1. The van der Waals surface area contributed by atoms with Crippen LogP contribution in [0.2, 0.25) is 0 Å². The first-order chi connectivity index (χ1) is 15.0. The summed E-state index contributed by atoms with van der Waals surface area (Å²) in [4.78, 5) is 17.9. The Balaban J connectivity index is 1.63. The van der Waals surface area contributed by atoms with Crippen LogP contribution in [0.5, 0.6) is 0 Å². The molecule has 154 valence electrons. The summed E-state index contributed by atoms with van der Waals surface area (Å²) in [6.45, 7) is 0. The highest BCUT2D eigenvalue weighted by molar-refractivity contribution is 6.36. The van der Waals surface area contributed by atoms with Crippen molar-refractivity contribution < 1.29 is 20.3 Å². The van der Waals surface area contributed by atoms with Gasteiger partial charge in [0.1, 0.15) is 5.76 Å². The number of fused-ring (bicyclic) bond motifs is 2. The lowest BCUT2D eigenvalue weighted by atomic mass is 9.95. The van der Waals surface area contributed by atoms with Crippen molar-refractivity contribution in [3.8, 4) is 0 Å². The molecule has 0 amide bonds. The van der Waals surface area contributed by atoms with Gasteiger partial charge in [-0.25, -0.2) is 5.21 Å². The van der Waals surface area contributed by atoms with Crippen molar-refractivity contribution in [3.05, 3.63) is 100 Å². The lowest BCUT2D eigenvalue weighted by molar-refractivity contribution is -0.991. The number of allylic oxidation sites excluding steroid dienone is 1. The molecule has 5 rings (SSSR count). The van der Waals surface area contributed by atoms with E-state index < -0.39 is 5.23 Å². The van der Waals surface area contributed by atoms with Crippen LogP contribution in [0.15, 0.2) is 83.4 Å². The van der Waals surface area contributed by atoms with Gasteiger partial charge in [0, 0.05) is 29.7 Å². The standard InChI is InChI=1S/C24H19N3O4/c28-23-16-8-1-2-9-17(16)24(29)22(23)21-13-20(14-6-5-7-15(12-14)27(30)31)25-18-10-3-4-11-19(18)26-21/h1-12,20,25,27-28,30H,13H2/t20-/m1/s1. The number of nitrogens with one attached hydrogen (secondary N) is 2. The molecule has 7 nitrogen and oxygen atoms in total. The van der Waals surface area contributed by atoms with E-state index in [0.717, 1.165) is 11.3 Å². The van der Waals surface area contributed by atoms with E-state index in [1.54, 1.807) is 36.4 Å². The second-order valence-corrected chi connectivity index (χ2v) is 7.51. The summed E-state index contributed by atoms with van der Waals surface area (Å²) < 4.78 is 0. The Hall–Kier alpha value is -3.78. The Morgan fingerprint density at radius 1 is 1.00 bits per heavy atom. The molecule has 0 spiro atoms. The van der Waals surface area contributed by atoms with Crippen molar-refractivity contribution in [3.63, 3.8) is 0 Å². The molecule has 7 heteroatoms. The Morgan fingerprint density at radius 2 is 1.74 bits per heavy atom. The topological polar surface area (TPSA) is 109 Å². The second-order valence-electron chi connectivity index (χ2n) is 7.51. The molecule has 1 heterocycles. The van der Waals surface area contributed by atoms with Gasteiger partial charge in [-0.2, -0.15) is 5.23 Å². The lowest BCUT2D eigenvalue weighted by Gasteiger charge is -2.21. The fourth-order valence-corrected chi connectivity index (χ4v) is 4.10. The zero-order valence-corrected chi connectivity index (χ0v) is 16.4. The molecule has 4 N–H and O–H groups in total. The van der Waals surface area contributed by atoms with Crippen molar-refractivity contribution >= 4 is 34.3 Å². The summed E-state index contributed by atoms with van der Waals surface area (Å²) in [6.07, 6.45) is 0.302. The number of carbonyl (C=O) groups is 1. The minimum atomic E-state index is -1.01. The fraction of sp³-hybridized carbons (Fsp3) is 0.0833. The van der Waals surface area contributed by atoms with Crippen LogP contribution < -0.4 is 10.5 Å². The van der Waals surface area contributed by atoms with Gasteiger partial charge in [-0.05, 0) is 17.7 Å². The van der Waals surface area contributed by atoms with E-state index in [9.17, 15) is 20.3 Å². The molecule has 31 heavy (non-hydrogen) atoms. The molecule has 0 bridgehead atoms. The predicted molar refractivity (Wildman–Crippen MR) is 117 cm³/mol. The smallest absolute Gasteiger partial charge is 0.199 e. The van der Waals surface area contributed by atoms with E-state index in [2.05, 4.69) is 5.32 Å². The lowest BCUT2D eigenvalue weighted by Crippen LogP contribution is -2.99. The first-order valence-electron chi connectivity index (χ1n) is 9.87. The predicted octanol–water partition coefficient (Wildman–Crippen LogP) is 3.89. The molecule has 0 saturated carbocycles. The number of quaternary nitrogens is 1. The second kappa shape index (κ2) is 7.48. The van der Waals surface area contributed by atoms with Crippen molar-refractivity contribution in [1.29, 1.82) is 0 Å². The molecule has 0 radical (unpaired) electrons. The van der Waals surface area contributed by atoms with E-state index in [-0.39, 0.29) is 28.8 Å². The van der Waals surface area contributed by atoms with Gasteiger partial charge in [0.2, 0.25) is 0 Å². The first kappa shape index (κ1) is 19.2. The van der Waals surface area contributed by atoms with Gasteiger partial charge in [-0.1, -0.05) is 48.5 Å². The molecule has 2 aliphatic rings. The average Bonchev–Trinajstić information content (AvgIpc) is 2.93. The molecule has 3 aromatic carbocycles. The van der Waals surface area contributed by atoms with E-state index in [1.807, 2.05) is 30.3 Å². The van der Waals surface area contributed by atoms with Gasteiger partial charge < -0.3 is 15.6 Å². The summed E-state index contributed by atoms with van der Waals surface area (Å²) in [7, 11) is 0. The highest BCUT2D eigenvalue weighted by atomic mass is 16.8. The number of para-hydroxylation sites is 2. The largest absolute Gasteiger partial charge is 0.595 e. The third-order valence-corrected chi connectivity index (χ3v) is 5.60. The molecular formula is C24H19N3O4. The minimum Gasteiger partial charge on any atom is -0.595 e. The van der Waals surface area contributed by atoms with Crippen LogP contribution in [0.4, 0.5) is 17.1 Å².